The van der Waals surface area contributed by atoms with Gasteiger partial charge in [0, 0.05) is 35.1 Å². The van der Waals surface area contributed by atoms with Crippen LogP contribution in [0, 0.1) is 31.9 Å². The summed E-state index contributed by atoms with van der Waals surface area (Å²) >= 11 is 0. The number of halogens is 2. The topological polar surface area (TPSA) is 103 Å². The molecule has 2 aromatic rings. The molecule has 0 amide bonds. The van der Waals surface area contributed by atoms with Gasteiger partial charge in [0.2, 0.25) is 0 Å². The molecule has 9 heteroatoms. The molecule has 2 atom stereocenters. The van der Waals surface area contributed by atoms with Gasteiger partial charge in [0.05, 0.1) is 9.85 Å². The molecule has 2 unspecified atom stereocenters. The van der Waals surface area contributed by atoms with Crippen molar-refractivity contribution in [1.82, 2.24) is 0 Å². The summed E-state index contributed by atoms with van der Waals surface area (Å²) in [5.41, 5.74) is -1.17. The van der Waals surface area contributed by atoms with Crippen LogP contribution in [0.4, 0.5) is 20.2 Å². The third-order valence-electron chi connectivity index (χ3n) is 4.16. The van der Waals surface area contributed by atoms with Gasteiger partial charge in [-0.3, -0.25) is 25.0 Å². The number of hydrogen-bond acceptors (Lipinski definition) is 5. The lowest BCUT2D eigenvalue weighted by atomic mass is 9.84. The van der Waals surface area contributed by atoms with Crippen molar-refractivity contribution in [3.05, 3.63) is 79.4 Å². The lowest BCUT2D eigenvalue weighted by Crippen LogP contribution is -2.19. The first kappa shape index (κ1) is 19.1. The highest BCUT2D eigenvalue weighted by Crippen LogP contribution is 2.35. The summed E-state index contributed by atoms with van der Waals surface area (Å²) in [6.07, 6.45) is 0. The molecule has 0 fully saturated rings. The Morgan fingerprint density at radius 3 is 1.50 bits per heavy atom. The van der Waals surface area contributed by atoms with E-state index in [-0.39, 0.29) is 11.1 Å². The van der Waals surface area contributed by atoms with Crippen LogP contribution in [0.1, 0.15) is 36.8 Å². The van der Waals surface area contributed by atoms with E-state index in [4.69, 9.17) is 0 Å². The third kappa shape index (κ3) is 3.71. The maximum Gasteiger partial charge on any atom is 0.273 e. The van der Waals surface area contributed by atoms with Gasteiger partial charge in [-0.15, -0.1) is 0 Å². The monoisotopic (exact) mass is 364 g/mol. The Balaban J connectivity index is 2.47. The molecule has 0 saturated carbocycles. The fraction of sp³-hybridized carbons (Fsp3) is 0.235. The Morgan fingerprint density at radius 1 is 0.846 bits per heavy atom. The standard InChI is InChI=1S/C17H14F2N2O5/c1-9(13-7-11(18)3-5-15(13)20(23)24)17(22)10(2)14-8-12(19)4-6-16(14)21(25)26/h3-10H,1-2H3. The highest BCUT2D eigenvalue weighted by atomic mass is 19.1. The molecule has 0 bridgehead atoms. The molecule has 0 aliphatic carbocycles. The smallest absolute Gasteiger partial charge is 0.273 e. The number of hydrogen-bond donors (Lipinski definition) is 0. The fourth-order valence-electron chi connectivity index (χ4n) is 2.76. The summed E-state index contributed by atoms with van der Waals surface area (Å²) in [6.45, 7) is 2.68. The number of carbonyl (C=O) groups is 1. The van der Waals surface area contributed by atoms with Crippen LogP contribution in [-0.2, 0) is 4.79 Å². The second-order valence-electron chi connectivity index (χ2n) is 5.77. The first-order valence-electron chi connectivity index (χ1n) is 7.55. The van der Waals surface area contributed by atoms with Crippen molar-refractivity contribution in [2.24, 2.45) is 0 Å². The molecule has 2 aromatic carbocycles. The van der Waals surface area contributed by atoms with Crippen molar-refractivity contribution >= 4 is 17.2 Å². The maximum atomic E-state index is 13.5. The average Bonchev–Trinajstić information content (AvgIpc) is 2.59. The molecule has 0 aliphatic rings. The summed E-state index contributed by atoms with van der Waals surface area (Å²) in [4.78, 5) is 33.5. The number of carbonyl (C=O) groups excluding carboxylic acids is 1. The predicted octanol–water partition coefficient (Wildman–Crippen LogP) is 4.26. The van der Waals surface area contributed by atoms with Crippen LogP contribution >= 0.6 is 0 Å². The lowest BCUT2D eigenvalue weighted by Gasteiger charge is -2.17. The molecule has 26 heavy (non-hydrogen) atoms. The summed E-state index contributed by atoms with van der Waals surface area (Å²) in [5, 5.41) is 22.2. The van der Waals surface area contributed by atoms with Gasteiger partial charge >= 0.3 is 0 Å². The summed E-state index contributed by atoms with van der Waals surface area (Å²) in [6, 6.07) is 5.47. The highest BCUT2D eigenvalue weighted by molar-refractivity contribution is 5.92. The van der Waals surface area contributed by atoms with E-state index in [1.165, 1.54) is 13.8 Å². The Morgan fingerprint density at radius 2 is 1.19 bits per heavy atom. The minimum Gasteiger partial charge on any atom is -0.298 e. The van der Waals surface area contributed by atoms with E-state index >= 15 is 0 Å². The average molecular weight is 364 g/mol. The van der Waals surface area contributed by atoms with Gasteiger partial charge in [0.25, 0.3) is 11.4 Å². The van der Waals surface area contributed by atoms with Gasteiger partial charge in [-0.1, -0.05) is 13.8 Å². The SMILES string of the molecule is CC(C(=O)C(C)c1cc(F)ccc1[N+](=O)[O-])c1cc(F)ccc1[N+](=O)[O-]. The Bertz CT molecular complexity index is 829. The number of rotatable bonds is 6. The Hall–Kier alpha value is -3.23. The van der Waals surface area contributed by atoms with Gasteiger partial charge in [0.1, 0.15) is 17.4 Å². The second-order valence-corrected chi connectivity index (χ2v) is 5.77. The van der Waals surface area contributed by atoms with Gasteiger partial charge in [0.15, 0.2) is 0 Å². The third-order valence-corrected chi connectivity index (χ3v) is 4.16. The van der Waals surface area contributed by atoms with Gasteiger partial charge in [-0.25, -0.2) is 8.78 Å². The van der Waals surface area contributed by atoms with Crippen molar-refractivity contribution in [2.75, 3.05) is 0 Å². The molecule has 2 rings (SSSR count). The highest BCUT2D eigenvalue weighted by Gasteiger charge is 2.32. The molecule has 0 aromatic heterocycles. The van der Waals surface area contributed by atoms with E-state index in [0.717, 1.165) is 36.4 Å². The number of nitrogens with zero attached hydrogens (tertiary/aromatic N) is 2. The zero-order valence-electron chi connectivity index (χ0n) is 13.8. The normalized spacial score (nSPS) is 13.1. The van der Waals surface area contributed by atoms with E-state index in [1.807, 2.05) is 0 Å². The van der Waals surface area contributed by atoms with Gasteiger partial charge in [-0.05, 0) is 24.3 Å². The van der Waals surface area contributed by atoms with Crippen molar-refractivity contribution in [3.63, 3.8) is 0 Å². The van der Waals surface area contributed by atoms with Gasteiger partial charge < -0.3 is 0 Å². The predicted molar refractivity (Wildman–Crippen MR) is 87.9 cm³/mol. The van der Waals surface area contributed by atoms with Crippen molar-refractivity contribution < 1.29 is 23.4 Å². The molecule has 0 aliphatic heterocycles. The molecule has 136 valence electrons. The quantitative estimate of drug-likeness (QED) is 0.563. The van der Waals surface area contributed by atoms with Crippen LogP contribution in [0.25, 0.3) is 0 Å². The summed E-state index contributed by atoms with van der Waals surface area (Å²) in [5.74, 6) is -4.38. The van der Waals surface area contributed by atoms with E-state index in [9.17, 15) is 33.8 Å². The van der Waals surface area contributed by atoms with Crippen LogP contribution < -0.4 is 0 Å². The molecular formula is C17H14F2N2O5. The first-order chi connectivity index (χ1) is 12.1. The summed E-state index contributed by atoms with van der Waals surface area (Å²) < 4.78 is 27.0. The van der Waals surface area contributed by atoms with Crippen LogP contribution in [0.5, 0.6) is 0 Å². The summed E-state index contributed by atoms with van der Waals surface area (Å²) in [7, 11) is 0. The van der Waals surface area contributed by atoms with Crippen molar-refractivity contribution in [2.45, 2.75) is 25.7 Å². The zero-order chi connectivity index (χ0) is 19.6. The minimum absolute atomic E-state index is 0.147. The maximum absolute atomic E-state index is 13.5. The van der Waals surface area contributed by atoms with Crippen molar-refractivity contribution in [3.8, 4) is 0 Å². The number of ketones is 1. The minimum atomic E-state index is -1.12. The molecule has 0 radical (unpaired) electrons. The zero-order valence-corrected chi connectivity index (χ0v) is 13.8. The van der Waals surface area contributed by atoms with E-state index < -0.39 is 50.5 Å². The molecule has 0 heterocycles. The van der Waals surface area contributed by atoms with Crippen LogP contribution in [-0.4, -0.2) is 15.6 Å². The number of Topliss-reactive ketones (excluding diaryl/α,β-unsaturated/α-hetero) is 1. The van der Waals surface area contributed by atoms with Crippen LogP contribution in [0.3, 0.4) is 0 Å². The number of benzene rings is 2. The largest absolute Gasteiger partial charge is 0.298 e. The molecular weight excluding hydrogens is 350 g/mol. The second kappa shape index (κ2) is 7.34. The van der Waals surface area contributed by atoms with E-state index in [2.05, 4.69) is 0 Å². The molecule has 0 spiro atoms. The van der Waals surface area contributed by atoms with E-state index in [1.54, 1.807) is 0 Å². The van der Waals surface area contributed by atoms with Gasteiger partial charge in [-0.2, -0.15) is 0 Å². The number of nitro benzene ring substituents is 2. The number of nitro groups is 2. The molecule has 0 N–H and O–H groups in total. The molecule has 0 saturated heterocycles. The fourth-order valence-corrected chi connectivity index (χ4v) is 2.76. The molecule has 7 nitrogen and oxygen atoms in total. The lowest BCUT2D eigenvalue weighted by molar-refractivity contribution is -0.385. The van der Waals surface area contributed by atoms with E-state index in [0.29, 0.717) is 0 Å². The van der Waals surface area contributed by atoms with Crippen molar-refractivity contribution in [1.29, 1.82) is 0 Å². The Kier molecular flexibility index (Phi) is 5.39. The first-order valence-corrected chi connectivity index (χ1v) is 7.55. The van der Waals surface area contributed by atoms with Crippen LogP contribution in [0.15, 0.2) is 36.4 Å². The Labute approximate surface area is 146 Å². The van der Waals surface area contributed by atoms with Crippen LogP contribution in [0.2, 0.25) is 0 Å².